The normalized spacial score (nSPS) is 15.3. The Labute approximate surface area is 221 Å². The summed E-state index contributed by atoms with van der Waals surface area (Å²) in [6, 6.07) is 11.2. The zero-order chi connectivity index (χ0) is 27.2. The van der Waals surface area contributed by atoms with E-state index in [1.807, 2.05) is 0 Å². The van der Waals surface area contributed by atoms with Gasteiger partial charge in [-0.25, -0.2) is 4.79 Å². The van der Waals surface area contributed by atoms with Crippen LogP contribution in [-0.4, -0.2) is 36.9 Å². The van der Waals surface area contributed by atoms with Crippen LogP contribution in [0.15, 0.2) is 64.1 Å². The molecule has 0 saturated carbocycles. The summed E-state index contributed by atoms with van der Waals surface area (Å²) in [5.41, 5.74) is 0.327. The van der Waals surface area contributed by atoms with Gasteiger partial charge in [-0.3, -0.25) is 19.2 Å². The summed E-state index contributed by atoms with van der Waals surface area (Å²) >= 11 is 6.49. The van der Waals surface area contributed by atoms with Crippen LogP contribution < -0.4 is 0 Å². The number of fused-ring (bicyclic) bond motifs is 1. The number of furan rings is 1. The van der Waals surface area contributed by atoms with Crippen molar-refractivity contribution in [3.8, 4) is 0 Å². The fourth-order valence-corrected chi connectivity index (χ4v) is 4.96. The van der Waals surface area contributed by atoms with Gasteiger partial charge < -0.3 is 9.52 Å². The molecule has 1 aliphatic heterocycles. The monoisotopic (exact) mass is 561 g/mol. The number of hydrogen-bond acceptors (Lipinski definition) is 6. The Kier molecular flexibility index (Phi) is 6.53. The van der Waals surface area contributed by atoms with Crippen molar-refractivity contribution in [1.82, 2.24) is 14.7 Å². The molecule has 38 heavy (non-hydrogen) atoms. The van der Waals surface area contributed by atoms with E-state index in [0.717, 1.165) is 22.7 Å². The Bertz CT molecular complexity index is 1640. The minimum atomic E-state index is -4.57. The molecule has 1 N–H and O–H groups in total. The Morgan fingerprint density at radius 1 is 1.11 bits per heavy atom. The molecule has 1 saturated heterocycles. The van der Waals surface area contributed by atoms with Gasteiger partial charge in [0.1, 0.15) is 5.76 Å². The lowest BCUT2D eigenvalue weighted by Crippen LogP contribution is -2.27. The van der Waals surface area contributed by atoms with E-state index >= 15 is 0 Å². The lowest BCUT2D eigenvalue weighted by molar-refractivity contribution is -0.138. The molecule has 0 bridgehead atoms. The third-order valence-corrected chi connectivity index (χ3v) is 6.86. The molecule has 5 rings (SSSR count). The highest BCUT2D eigenvalue weighted by molar-refractivity contribution is 8.18. The quantitative estimate of drug-likeness (QED) is 0.276. The van der Waals surface area contributed by atoms with Gasteiger partial charge >= 0.3 is 12.1 Å². The zero-order valence-corrected chi connectivity index (χ0v) is 20.6. The fourth-order valence-electron chi connectivity index (χ4n) is 3.95. The molecule has 13 heteroatoms. The molecule has 2 aromatic heterocycles. The molecule has 0 spiro atoms. The van der Waals surface area contributed by atoms with Gasteiger partial charge in [0.25, 0.3) is 11.1 Å². The number of imide groups is 1. The third kappa shape index (κ3) is 5.04. The predicted molar refractivity (Wildman–Crippen MR) is 132 cm³/mol. The van der Waals surface area contributed by atoms with Crippen molar-refractivity contribution < 1.29 is 37.1 Å². The van der Waals surface area contributed by atoms with Gasteiger partial charge in [-0.15, -0.1) is 0 Å². The zero-order valence-electron chi connectivity index (χ0n) is 19.0. The van der Waals surface area contributed by atoms with E-state index in [1.165, 1.54) is 41.2 Å². The third-order valence-electron chi connectivity index (χ3n) is 5.72. The maximum Gasteiger partial charge on any atom is 0.416 e. The van der Waals surface area contributed by atoms with E-state index in [4.69, 9.17) is 21.1 Å². The molecule has 8 nitrogen and oxygen atoms in total. The fraction of sp³-hybridized carbons (Fsp3) is 0.120. The van der Waals surface area contributed by atoms with Crippen molar-refractivity contribution in [2.75, 3.05) is 0 Å². The molecule has 0 radical (unpaired) electrons. The molecule has 0 unspecified atom stereocenters. The molecule has 1 fully saturated rings. The second-order valence-electron chi connectivity index (χ2n) is 8.26. The van der Waals surface area contributed by atoms with Crippen LogP contribution in [-0.2, 0) is 24.1 Å². The molecule has 0 atom stereocenters. The number of carboxylic acids is 1. The molecule has 0 aliphatic carbocycles. The SMILES string of the molecule is O=C(O)c1ccc(CN2C(=O)S/C(=C\c3ccc4c(cnn4Cc4ccc(Cl)cc4C(F)(F)F)c3)C2=O)o1. The second-order valence-corrected chi connectivity index (χ2v) is 9.69. The van der Waals surface area contributed by atoms with Gasteiger partial charge in [-0.1, -0.05) is 23.7 Å². The maximum absolute atomic E-state index is 13.5. The molecule has 2 aromatic carbocycles. The topological polar surface area (TPSA) is 106 Å². The number of benzene rings is 2. The van der Waals surface area contributed by atoms with Crippen molar-refractivity contribution >= 4 is 57.5 Å². The molecule has 1 aliphatic rings. The van der Waals surface area contributed by atoms with E-state index in [9.17, 15) is 27.6 Å². The maximum atomic E-state index is 13.5. The summed E-state index contributed by atoms with van der Waals surface area (Å²) in [4.78, 5) is 37.3. The van der Waals surface area contributed by atoms with Crippen LogP contribution in [0.3, 0.4) is 0 Å². The number of thioether (sulfide) groups is 1. The number of carbonyl (C=O) groups is 3. The van der Waals surface area contributed by atoms with Crippen LogP contribution in [0.4, 0.5) is 18.0 Å². The number of alkyl halides is 3. The molecule has 4 aromatic rings. The summed E-state index contributed by atoms with van der Waals surface area (Å²) < 4.78 is 47.0. The summed E-state index contributed by atoms with van der Waals surface area (Å²) in [5.74, 6) is -1.99. The Balaban J connectivity index is 1.37. The largest absolute Gasteiger partial charge is 0.475 e. The van der Waals surface area contributed by atoms with E-state index in [2.05, 4.69) is 5.10 Å². The number of rotatable bonds is 6. The van der Waals surface area contributed by atoms with Crippen LogP contribution in [0, 0.1) is 0 Å². The van der Waals surface area contributed by atoms with Crippen LogP contribution >= 0.6 is 23.4 Å². The highest BCUT2D eigenvalue weighted by atomic mass is 35.5. The number of aromatic carboxylic acids is 1. The number of hydrogen-bond donors (Lipinski definition) is 1. The smallest absolute Gasteiger partial charge is 0.416 e. The lowest BCUT2D eigenvalue weighted by Gasteiger charge is -2.14. The van der Waals surface area contributed by atoms with E-state index in [-0.39, 0.29) is 40.1 Å². The standard InChI is InChI=1S/C25H15ClF3N3O5S/c26-16-3-2-14(18(9-16)25(27,28)29)11-32-19-5-1-13(7-15(19)10-30-32)8-21-22(33)31(24(36)38-21)12-17-4-6-20(37-17)23(34)35/h1-10H,11-12H2,(H,34,35)/b21-8-. The van der Waals surface area contributed by atoms with Crippen LogP contribution in [0.1, 0.15) is 33.0 Å². The molecular formula is C25H15ClF3N3O5S. The first-order valence-corrected chi connectivity index (χ1v) is 12.1. The predicted octanol–water partition coefficient (Wildman–Crippen LogP) is 6.28. The minimum Gasteiger partial charge on any atom is -0.475 e. The average Bonchev–Trinajstić information content (AvgIpc) is 3.55. The van der Waals surface area contributed by atoms with Crippen molar-refractivity contribution in [3.05, 3.63) is 92.9 Å². The Hall–Kier alpha value is -4.03. The van der Waals surface area contributed by atoms with Gasteiger partial charge in [0.2, 0.25) is 5.76 Å². The molecule has 194 valence electrons. The summed E-state index contributed by atoms with van der Waals surface area (Å²) in [6.07, 6.45) is -1.55. The summed E-state index contributed by atoms with van der Waals surface area (Å²) in [7, 11) is 0. The summed E-state index contributed by atoms with van der Waals surface area (Å²) in [5, 5.41) is 13.3. The minimum absolute atomic E-state index is 0.0108. The van der Waals surface area contributed by atoms with Crippen LogP contribution in [0.25, 0.3) is 17.0 Å². The molecule has 2 amide bonds. The highest BCUT2D eigenvalue weighted by Crippen LogP contribution is 2.36. The number of halogens is 4. The summed E-state index contributed by atoms with van der Waals surface area (Å²) in [6.45, 7) is -0.351. The van der Waals surface area contributed by atoms with Crippen molar-refractivity contribution in [1.29, 1.82) is 0 Å². The first-order chi connectivity index (χ1) is 18.0. The van der Waals surface area contributed by atoms with Gasteiger partial charge in [0.15, 0.2) is 0 Å². The first-order valence-electron chi connectivity index (χ1n) is 10.9. The molecule has 3 heterocycles. The van der Waals surface area contributed by atoms with Gasteiger partial charge in [-0.2, -0.15) is 18.3 Å². The van der Waals surface area contributed by atoms with Crippen molar-refractivity contribution in [3.63, 3.8) is 0 Å². The number of aromatic nitrogens is 2. The van der Waals surface area contributed by atoms with E-state index in [0.29, 0.717) is 16.5 Å². The van der Waals surface area contributed by atoms with Gasteiger partial charge in [0.05, 0.1) is 35.3 Å². The van der Waals surface area contributed by atoms with E-state index < -0.39 is 28.9 Å². The number of nitrogens with zero attached hydrogens (tertiary/aromatic N) is 3. The number of carboxylic acid groups (broad SMARTS) is 1. The van der Waals surface area contributed by atoms with Gasteiger partial charge in [-0.05, 0) is 65.4 Å². The van der Waals surface area contributed by atoms with Crippen LogP contribution in [0.5, 0.6) is 0 Å². The Morgan fingerprint density at radius 3 is 2.61 bits per heavy atom. The highest BCUT2D eigenvalue weighted by Gasteiger charge is 2.36. The van der Waals surface area contributed by atoms with Gasteiger partial charge in [0, 0.05) is 10.4 Å². The Morgan fingerprint density at radius 2 is 1.89 bits per heavy atom. The first kappa shape index (κ1) is 25.6. The average molecular weight is 562 g/mol. The van der Waals surface area contributed by atoms with Crippen LogP contribution in [0.2, 0.25) is 5.02 Å². The van der Waals surface area contributed by atoms with E-state index in [1.54, 1.807) is 18.2 Å². The molecular weight excluding hydrogens is 547 g/mol. The second kappa shape index (κ2) is 9.69. The lowest BCUT2D eigenvalue weighted by atomic mass is 10.1. The number of carbonyl (C=O) groups excluding carboxylic acids is 2. The van der Waals surface area contributed by atoms with Crippen molar-refractivity contribution in [2.45, 2.75) is 19.3 Å². The van der Waals surface area contributed by atoms with Crippen molar-refractivity contribution in [2.24, 2.45) is 0 Å². The number of amides is 2.